The van der Waals surface area contributed by atoms with Gasteiger partial charge < -0.3 is 4.74 Å². The summed E-state index contributed by atoms with van der Waals surface area (Å²) in [6.45, 7) is 4.94. The predicted molar refractivity (Wildman–Crippen MR) is 56.6 cm³/mol. The number of nitrogens with zero attached hydrogens (tertiary/aromatic N) is 1. The molecule has 1 rings (SSSR count). The number of hydrogen-bond donors (Lipinski definition) is 0. The van der Waals surface area contributed by atoms with Crippen molar-refractivity contribution in [1.29, 1.82) is 0 Å². The standard InChI is InChI=1S/C10H10BrNO2/c1-3-9(14-7(2)13)8-5-4-6-10(11)12-8/h3-6,9H,1H2,2H3/t9-/m1/s1. The summed E-state index contributed by atoms with van der Waals surface area (Å²) in [6, 6.07) is 5.41. The summed E-state index contributed by atoms with van der Waals surface area (Å²) in [7, 11) is 0. The molecule has 0 aromatic carbocycles. The highest BCUT2D eigenvalue weighted by atomic mass is 79.9. The van der Waals surface area contributed by atoms with Gasteiger partial charge in [0.15, 0.2) is 6.10 Å². The van der Waals surface area contributed by atoms with E-state index < -0.39 is 6.10 Å². The van der Waals surface area contributed by atoms with Crippen molar-refractivity contribution in [1.82, 2.24) is 4.98 Å². The summed E-state index contributed by atoms with van der Waals surface area (Å²) in [5, 5.41) is 0. The molecular weight excluding hydrogens is 246 g/mol. The van der Waals surface area contributed by atoms with Crippen molar-refractivity contribution in [3.8, 4) is 0 Å². The highest BCUT2D eigenvalue weighted by molar-refractivity contribution is 9.10. The Hall–Kier alpha value is -1.16. The highest BCUT2D eigenvalue weighted by Gasteiger charge is 2.11. The van der Waals surface area contributed by atoms with Gasteiger partial charge in [-0.15, -0.1) is 0 Å². The Morgan fingerprint density at radius 1 is 1.71 bits per heavy atom. The largest absolute Gasteiger partial charge is 0.452 e. The fourth-order valence-corrected chi connectivity index (χ4v) is 1.35. The molecule has 1 atom stereocenters. The first-order chi connectivity index (χ1) is 6.63. The summed E-state index contributed by atoms with van der Waals surface area (Å²) in [5.74, 6) is -0.350. The number of carbonyl (C=O) groups is 1. The number of aromatic nitrogens is 1. The topological polar surface area (TPSA) is 39.2 Å². The van der Waals surface area contributed by atoms with Crippen molar-refractivity contribution >= 4 is 21.9 Å². The third-order valence-corrected chi connectivity index (χ3v) is 1.98. The van der Waals surface area contributed by atoms with Crippen LogP contribution in [0.4, 0.5) is 0 Å². The molecule has 0 amide bonds. The van der Waals surface area contributed by atoms with E-state index in [0.29, 0.717) is 10.3 Å². The van der Waals surface area contributed by atoms with Crippen molar-refractivity contribution < 1.29 is 9.53 Å². The second kappa shape index (κ2) is 4.91. The molecule has 0 aliphatic rings. The molecule has 0 bridgehead atoms. The van der Waals surface area contributed by atoms with E-state index in [2.05, 4.69) is 27.5 Å². The van der Waals surface area contributed by atoms with Crippen LogP contribution in [-0.4, -0.2) is 11.0 Å². The van der Waals surface area contributed by atoms with Crippen molar-refractivity contribution in [3.05, 3.63) is 41.2 Å². The van der Waals surface area contributed by atoms with Gasteiger partial charge >= 0.3 is 5.97 Å². The van der Waals surface area contributed by atoms with Crippen LogP contribution in [-0.2, 0) is 9.53 Å². The van der Waals surface area contributed by atoms with Gasteiger partial charge in [0.05, 0.1) is 5.69 Å². The van der Waals surface area contributed by atoms with Gasteiger partial charge in [0, 0.05) is 6.92 Å². The lowest BCUT2D eigenvalue weighted by atomic mass is 10.2. The van der Waals surface area contributed by atoms with Crippen LogP contribution in [0.2, 0.25) is 0 Å². The van der Waals surface area contributed by atoms with Gasteiger partial charge in [-0.25, -0.2) is 4.98 Å². The van der Waals surface area contributed by atoms with Crippen LogP contribution in [0.1, 0.15) is 18.7 Å². The molecule has 4 heteroatoms. The van der Waals surface area contributed by atoms with Gasteiger partial charge in [0.25, 0.3) is 0 Å². The molecule has 1 aromatic rings. The zero-order valence-electron chi connectivity index (χ0n) is 7.74. The molecule has 0 saturated heterocycles. The van der Waals surface area contributed by atoms with Crippen LogP contribution in [0.15, 0.2) is 35.5 Å². The minimum absolute atomic E-state index is 0.350. The number of halogens is 1. The lowest BCUT2D eigenvalue weighted by Crippen LogP contribution is -2.07. The summed E-state index contributed by atoms with van der Waals surface area (Å²) >= 11 is 3.24. The third kappa shape index (κ3) is 2.96. The number of hydrogen-bond acceptors (Lipinski definition) is 3. The molecule has 0 saturated carbocycles. The van der Waals surface area contributed by atoms with Crippen LogP contribution in [0.3, 0.4) is 0 Å². The summed E-state index contributed by atoms with van der Waals surface area (Å²) < 4.78 is 5.70. The van der Waals surface area contributed by atoms with E-state index in [1.54, 1.807) is 12.1 Å². The smallest absolute Gasteiger partial charge is 0.303 e. The first kappa shape index (κ1) is 10.9. The van der Waals surface area contributed by atoms with Crippen molar-refractivity contribution in [2.45, 2.75) is 13.0 Å². The lowest BCUT2D eigenvalue weighted by molar-refractivity contribution is -0.144. The SMILES string of the molecule is C=C[C@@H](OC(C)=O)c1cccc(Br)n1. The molecule has 0 unspecified atom stereocenters. The van der Waals surface area contributed by atoms with E-state index in [1.165, 1.54) is 13.0 Å². The zero-order valence-corrected chi connectivity index (χ0v) is 9.32. The molecule has 0 spiro atoms. The quantitative estimate of drug-likeness (QED) is 0.474. The molecule has 0 aliphatic heterocycles. The monoisotopic (exact) mass is 255 g/mol. The molecule has 0 N–H and O–H groups in total. The van der Waals surface area contributed by atoms with Gasteiger partial charge in [-0.1, -0.05) is 12.6 Å². The first-order valence-corrected chi connectivity index (χ1v) is 4.85. The maximum absolute atomic E-state index is 10.8. The molecule has 0 fully saturated rings. The lowest BCUT2D eigenvalue weighted by Gasteiger charge is -2.11. The Kier molecular flexibility index (Phi) is 3.83. The fraction of sp³-hybridized carbons (Fsp3) is 0.200. The second-order valence-corrected chi connectivity index (χ2v) is 3.46. The van der Waals surface area contributed by atoms with Crippen LogP contribution in [0.25, 0.3) is 0 Å². The Balaban J connectivity index is 2.89. The average Bonchev–Trinajstić information content (AvgIpc) is 2.14. The van der Waals surface area contributed by atoms with Gasteiger partial charge in [-0.05, 0) is 34.1 Å². The number of rotatable bonds is 3. The summed E-state index contributed by atoms with van der Waals surface area (Å²) in [6.07, 6.45) is 1.06. The molecular formula is C10H10BrNO2. The average molecular weight is 256 g/mol. The summed E-state index contributed by atoms with van der Waals surface area (Å²) in [5.41, 5.74) is 0.657. The van der Waals surface area contributed by atoms with Gasteiger partial charge in [0.1, 0.15) is 4.60 Å². The van der Waals surface area contributed by atoms with E-state index in [1.807, 2.05) is 6.07 Å². The van der Waals surface area contributed by atoms with Crippen LogP contribution >= 0.6 is 15.9 Å². The van der Waals surface area contributed by atoms with Crippen molar-refractivity contribution in [3.63, 3.8) is 0 Å². The highest BCUT2D eigenvalue weighted by Crippen LogP contribution is 2.18. The minimum atomic E-state index is -0.481. The van der Waals surface area contributed by atoms with E-state index in [0.717, 1.165) is 0 Å². The van der Waals surface area contributed by atoms with E-state index in [4.69, 9.17) is 4.74 Å². The number of pyridine rings is 1. The number of esters is 1. The van der Waals surface area contributed by atoms with E-state index in [-0.39, 0.29) is 5.97 Å². The predicted octanol–water partition coefficient (Wildman–Crippen LogP) is 2.63. The molecule has 3 nitrogen and oxygen atoms in total. The normalized spacial score (nSPS) is 11.9. The van der Waals surface area contributed by atoms with Gasteiger partial charge in [-0.3, -0.25) is 4.79 Å². The van der Waals surface area contributed by atoms with Crippen molar-refractivity contribution in [2.24, 2.45) is 0 Å². The van der Waals surface area contributed by atoms with E-state index in [9.17, 15) is 4.79 Å². The van der Waals surface area contributed by atoms with E-state index >= 15 is 0 Å². The molecule has 0 aliphatic carbocycles. The van der Waals surface area contributed by atoms with Crippen LogP contribution in [0.5, 0.6) is 0 Å². The van der Waals surface area contributed by atoms with Crippen LogP contribution in [0, 0.1) is 0 Å². The summed E-state index contributed by atoms with van der Waals surface area (Å²) in [4.78, 5) is 14.9. The molecule has 1 aromatic heterocycles. The van der Waals surface area contributed by atoms with Crippen LogP contribution < -0.4 is 0 Å². The fourth-order valence-electron chi connectivity index (χ4n) is 0.990. The molecule has 14 heavy (non-hydrogen) atoms. The minimum Gasteiger partial charge on any atom is -0.452 e. The Morgan fingerprint density at radius 3 is 2.93 bits per heavy atom. The molecule has 0 radical (unpaired) electrons. The first-order valence-electron chi connectivity index (χ1n) is 4.05. The zero-order chi connectivity index (χ0) is 10.6. The number of ether oxygens (including phenoxy) is 1. The second-order valence-electron chi connectivity index (χ2n) is 2.65. The third-order valence-electron chi connectivity index (χ3n) is 1.54. The Labute approximate surface area is 90.9 Å². The Bertz CT molecular complexity index is 352. The van der Waals surface area contributed by atoms with Crippen molar-refractivity contribution in [2.75, 3.05) is 0 Å². The number of carbonyl (C=O) groups excluding carboxylic acids is 1. The molecule has 74 valence electrons. The maximum atomic E-state index is 10.8. The van der Waals surface area contributed by atoms with Gasteiger partial charge in [-0.2, -0.15) is 0 Å². The van der Waals surface area contributed by atoms with Gasteiger partial charge in [0.2, 0.25) is 0 Å². The Morgan fingerprint density at radius 2 is 2.43 bits per heavy atom. The maximum Gasteiger partial charge on any atom is 0.303 e. The molecule has 1 heterocycles.